The molecule has 0 radical (unpaired) electrons. The van der Waals surface area contributed by atoms with Crippen molar-refractivity contribution in [1.82, 2.24) is 14.9 Å². The van der Waals surface area contributed by atoms with Crippen LogP contribution in [0.15, 0.2) is 85.2 Å². The van der Waals surface area contributed by atoms with Gasteiger partial charge in [-0.15, -0.1) is 0 Å². The predicted molar refractivity (Wildman–Crippen MR) is 147 cm³/mol. The topological polar surface area (TPSA) is 51.6 Å². The number of methoxy groups -OCH3 is 1. The van der Waals surface area contributed by atoms with Gasteiger partial charge >= 0.3 is 0 Å². The number of nitrogens with zero attached hydrogens (tertiary/aromatic N) is 3. The summed E-state index contributed by atoms with van der Waals surface area (Å²) in [5.74, 6) is 0.608. The number of hydrogen-bond acceptors (Lipinski definition) is 4. The van der Waals surface area contributed by atoms with E-state index in [1.165, 1.54) is 5.56 Å². The number of hydrogen-bond donors (Lipinski definition) is 1. The zero-order valence-electron chi connectivity index (χ0n) is 20.1. The number of halogens is 1. The summed E-state index contributed by atoms with van der Waals surface area (Å²) in [7, 11) is 1.64. The van der Waals surface area contributed by atoms with Crippen molar-refractivity contribution in [1.29, 1.82) is 0 Å². The van der Waals surface area contributed by atoms with Crippen LogP contribution < -0.4 is 15.0 Å². The average molecular weight is 519 g/mol. The molecule has 184 valence electrons. The second-order valence-corrected chi connectivity index (χ2v) is 9.39. The van der Waals surface area contributed by atoms with Crippen LogP contribution in [0, 0.1) is 6.92 Å². The minimum Gasteiger partial charge on any atom is -0.490 e. The van der Waals surface area contributed by atoms with Crippen LogP contribution in [0.1, 0.15) is 29.0 Å². The second kappa shape index (κ2) is 10.7. The smallest absolute Gasteiger partial charge is 0.174 e. The van der Waals surface area contributed by atoms with Gasteiger partial charge < -0.3 is 24.3 Å². The summed E-state index contributed by atoms with van der Waals surface area (Å²) in [4.78, 5) is 6.77. The molecule has 2 atom stereocenters. The summed E-state index contributed by atoms with van der Waals surface area (Å²) < 4.78 is 13.0. The average Bonchev–Trinajstić information content (AvgIpc) is 3.50. The Labute approximate surface area is 221 Å². The van der Waals surface area contributed by atoms with Crippen molar-refractivity contribution in [3.63, 3.8) is 0 Å². The van der Waals surface area contributed by atoms with Crippen molar-refractivity contribution in [2.24, 2.45) is 0 Å². The summed E-state index contributed by atoms with van der Waals surface area (Å²) in [6.45, 7) is 3.00. The van der Waals surface area contributed by atoms with E-state index in [0.29, 0.717) is 29.1 Å². The van der Waals surface area contributed by atoms with Crippen LogP contribution in [0.4, 0.5) is 5.69 Å². The van der Waals surface area contributed by atoms with Gasteiger partial charge in [0, 0.05) is 36.6 Å². The molecule has 0 amide bonds. The maximum Gasteiger partial charge on any atom is 0.174 e. The number of pyridine rings is 1. The molecule has 36 heavy (non-hydrogen) atoms. The highest BCUT2D eigenvalue weighted by molar-refractivity contribution is 7.80. The number of nitrogens with one attached hydrogen (secondary N) is 1. The normalized spacial score (nSPS) is 17.3. The highest BCUT2D eigenvalue weighted by Crippen LogP contribution is 2.43. The van der Waals surface area contributed by atoms with E-state index in [1.807, 2.05) is 42.6 Å². The Morgan fingerprint density at radius 3 is 2.53 bits per heavy atom. The van der Waals surface area contributed by atoms with E-state index < -0.39 is 0 Å². The molecule has 1 aliphatic rings. The molecule has 3 heterocycles. The zero-order chi connectivity index (χ0) is 25.1. The summed E-state index contributed by atoms with van der Waals surface area (Å²) in [5, 5.41) is 4.63. The lowest BCUT2D eigenvalue weighted by Crippen LogP contribution is -2.30. The van der Waals surface area contributed by atoms with Crippen LogP contribution in [0.2, 0.25) is 5.02 Å². The Kier molecular flexibility index (Phi) is 7.23. The van der Waals surface area contributed by atoms with E-state index in [-0.39, 0.29) is 12.1 Å². The van der Waals surface area contributed by atoms with E-state index in [1.54, 1.807) is 7.11 Å². The lowest BCUT2D eigenvalue weighted by atomic mass is 10.0. The largest absolute Gasteiger partial charge is 0.490 e. The maximum absolute atomic E-state index is 6.63. The lowest BCUT2D eigenvalue weighted by molar-refractivity contribution is 0.146. The van der Waals surface area contributed by atoms with Crippen LogP contribution >= 0.6 is 23.8 Å². The summed E-state index contributed by atoms with van der Waals surface area (Å²) >= 11 is 12.5. The second-order valence-electron chi connectivity index (χ2n) is 8.59. The molecule has 0 aliphatic carbocycles. The monoisotopic (exact) mass is 518 g/mol. The number of anilines is 1. The fourth-order valence-corrected chi connectivity index (χ4v) is 5.08. The fraction of sp³-hybridized carbons (Fsp3) is 0.214. The standard InChI is InChI=1S/C28H27ClN4O2S/c1-19-8-10-20(11-9-19)32-15-5-7-24(32)27-26(23-6-3-4-14-30-23)31-28(36)33(27)21-12-13-25(22(29)18-21)35-17-16-34-2/h3-15,18,26-27H,16-17H2,1-2H3,(H,31,36)/t26-,27-/m1/s1. The van der Waals surface area contributed by atoms with Gasteiger partial charge in [0.15, 0.2) is 5.11 Å². The maximum atomic E-state index is 6.63. The van der Waals surface area contributed by atoms with Gasteiger partial charge in [0.2, 0.25) is 0 Å². The van der Waals surface area contributed by atoms with E-state index >= 15 is 0 Å². The van der Waals surface area contributed by atoms with Crippen molar-refractivity contribution in [3.8, 4) is 11.4 Å². The first-order valence-electron chi connectivity index (χ1n) is 11.7. The van der Waals surface area contributed by atoms with E-state index in [0.717, 1.165) is 22.8 Å². The van der Waals surface area contributed by atoms with Crippen molar-refractivity contribution in [2.75, 3.05) is 25.2 Å². The van der Waals surface area contributed by atoms with Gasteiger partial charge in [0.05, 0.1) is 23.4 Å². The minimum absolute atomic E-state index is 0.158. The number of rotatable bonds is 8. The SMILES string of the molecule is COCCOc1ccc(N2C(=S)N[C@H](c3ccccn3)[C@H]2c2cccn2-c2ccc(C)cc2)cc1Cl. The van der Waals surface area contributed by atoms with E-state index in [2.05, 4.69) is 69.3 Å². The van der Waals surface area contributed by atoms with Crippen molar-refractivity contribution in [3.05, 3.63) is 107 Å². The van der Waals surface area contributed by atoms with Gasteiger partial charge in [0.25, 0.3) is 0 Å². The van der Waals surface area contributed by atoms with Crippen molar-refractivity contribution >= 4 is 34.6 Å². The predicted octanol–water partition coefficient (Wildman–Crippen LogP) is 6.04. The first-order chi connectivity index (χ1) is 17.6. The van der Waals surface area contributed by atoms with E-state index in [9.17, 15) is 0 Å². The molecule has 8 heteroatoms. The van der Waals surface area contributed by atoms with Crippen LogP contribution in [-0.4, -0.2) is 35.0 Å². The molecule has 1 aliphatic heterocycles. The third-order valence-electron chi connectivity index (χ3n) is 6.23. The molecule has 2 aromatic carbocycles. The number of ether oxygens (including phenoxy) is 2. The fourth-order valence-electron chi connectivity index (χ4n) is 4.50. The molecule has 4 aromatic rings. The Bertz CT molecular complexity index is 1340. The number of thiocarbonyl (C=S) groups is 1. The molecular weight excluding hydrogens is 492 g/mol. The van der Waals surface area contributed by atoms with Gasteiger partial charge in [-0.3, -0.25) is 4.98 Å². The minimum atomic E-state index is -0.167. The third kappa shape index (κ3) is 4.82. The molecule has 1 N–H and O–H groups in total. The van der Waals surface area contributed by atoms with Gasteiger partial charge in [-0.25, -0.2) is 0 Å². The van der Waals surface area contributed by atoms with Crippen LogP contribution in [0.25, 0.3) is 5.69 Å². The van der Waals surface area contributed by atoms with Crippen molar-refractivity contribution < 1.29 is 9.47 Å². The summed E-state index contributed by atoms with van der Waals surface area (Å²) in [6, 6.07) is 24.0. The highest BCUT2D eigenvalue weighted by atomic mass is 35.5. The summed E-state index contributed by atoms with van der Waals surface area (Å²) in [6.07, 6.45) is 3.89. The van der Waals surface area contributed by atoms with Gasteiger partial charge in [-0.2, -0.15) is 0 Å². The molecule has 1 fully saturated rings. The third-order valence-corrected chi connectivity index (χ3v) is 6.84. The Balaban J connectivity index is 1.58. The quantitative estimate of drug-likeness (QED) is 0.227. The number of aryl methyl sites for hydroxylation is 1. The molecule has 0 spiro atoms. The lowest BCUT2D eigenvalue weighted by Gasteiger charge is -2.29. The Hall–Kier alpha value is -3.39. The first kappa shape index (κ1) is 24.3. The molecule has 5 rings (SSSR count). The van der Waals surface area contributed by atoms with E-state index in [4.69, 9.17) is 33.3 Å². The van der Waals surface area contributed by atoms with Crippen LogP contribution in [0.3, 0.4) is 0 Å². The summed E-state index contributed by atoms with van der Waals surface area (Å²) in [5.41, 5.74) is 5.16. The molecule has 6 nitrogen and oxygen atoms in total. The number of aromatic nitrogens is 2. The van der Waals surface area contributed by atoms with Gasteiger partial charge in [-0.05, 0) is 73.7 Å². The zero-order valence-corrected chi connectivity index (χ0v) is 21.7. The van der Waals surface area contributed by atoms with Crippen LogP contribution in [0.5, 0.6) is 5.75 Å². The first-order valence-corrected chi connectivity index (χ1v) is 12.5. The molecule has 1 saturated heterocycles. The highest BCUT2D eigenvalue weighted by Gasteiger charge is 2.42. The van der Waals surface area contributed by atoms with Crippen molar-refractivity contribution in [2.45, 2.75) is 19.0 Å². The van der Waals surface area contributed by atoms with Gasteiger partial charge in [0.1, 0.15) is 18.4 Å². The Morgan fingerprint density at radius 1 is 1.00 bits per heavy atom. The molecule has 0 saturated carbocycles. The molecule has 2 aromatic heterocycles. The molecule has 0 bridgehead atoms. The van der Waals surface area contributed by atoms with Gasteiger partial charge in [-0.1, -0.05) is 35.4 Å². The molecular formula is C28H27ClN4O2S. The molecule has 0 unspecified atom stereocenters. The Morgan fingerprint density at radius 2 is 1.81 bits per heavy atom. The van der Waals surface area contributed by atoms with Crippen LogP contribution in [-0.2, 0) is 4.74 Å². The number of benzene rings is 2.